The van der Waals surface area contributed by atoms with Crippen LogP contribution in [-0.2, 0) is 0 Å². The Morgan fingerprint density at radius 3 is 2.73 bits per heavy atom. The molecule has 0 saturated carbocycles. The normalized spacial score (nSPS) is 9.07. The van der Waals surface area contributed by atoms with Gasteiger partial charge in [-0.2, -0.15) is 0 Å². The minimum absolute atomic E-state index is 0.179. The summed E-state index contributed by atoms with van der Waals surface area (Å²) >= 11 is 0. The number of azide groups is 1. The minimum atomic E-state index is -0.888. The monoisotopic (exact) mass is 207 g/mol. The number of nitro benzene ring substituents is 1. The van der Waals surface area contributed by atoms with Crippen molar-refractivity contribution in [2.45, 2.75) is 0 Å². The number of carbonyl (C=O) groups excluding carboxylic acids is 1. The van der Waals surface area contributed by atoms with E-state index in [9.17, 15) is 14.9 Å². The van der Waals surface area contributed by atoms with Crippen molar-refractivity contribution in [2.75, 3.05) is 0 Å². The van der Waals surface area contributed by atoms with Crippen molar-refractivity contribution in [1.82, 2.24) is 0 Å². The van der Waals surface area contributed by atoms with E-state index in [-0.39, 0.29) is 11.3 Å². The molecule has 1 aromatic carbocycles. The molecule has 1 aromatic rings. The van der Waals surface area contributed by atoms with Crippen LogP contribution < -0.4 is 5.73 Å². The topological polar surface area (TPSA) is 135 Å². The lowest BCUT2D eigenvalue weighted by atomic mass is 10.1. The van der Waals surface area contributed by atoms with Gasteiger partial charge in [-0.05, 0) is 11.6 Å². The summed E-state index contributed by atoms with van der Waals surface area (Å²) in [7, 11) is 0. The lowest BCUT2D eigenvalue weighted by Crippen LogP contribution is -2.11. The Morgan fingerprint density at radius 1 is 1.60 bits per heavy atom. The van der Waals surface area contributed by atoms with E-state index < -0.39 is 16.5 Å². The van der Waals surface area contributed by atoms with Crippen molar-refractivity contribution in [1.29, 1.82) is 0 Å². The van der Waals surface area contributed by atoms with E-state index in [1.807, 2.05) is 0 Å². The molecule has 0 heterocycles. The van der Waals surface area contributed by atoms with Gasteiger partial charge in [0.05, 0.1) is 10.5 Å². The number of nitrogens with two attached hydrogens (primary N) is 1. The molecule has 0 unspecified atom stereocenters. The summed E-state index contributed by atoms with van der Waals surface area (Å²) in [5.74, 6) is -0.888. The van der Waals surface area contributed by atoms with Crippen LogP contribution >= 0.6 is 0 Å². The van der Waals surface area contributed by atoms with E-state index in [2.05, 4.69) is 10.0 Å². The molecule has 2 N–H and O–H groups in total. The quantitative estimate of drug-likeness (QED) is 0.265. The standard InChI is InChI=1S/C7H5N5O3/c8-7(13)4-2-1-3-5(12(14)15)6(4)10-11-9/h1-3H,(H2,8,13). The van der Waals surface area contributed by atoms with Crippen molar-refractivity contribution in [3.63, 3.8) is 0 Å². The zero-order valence-corrected chi connectivity index (χ0v) is 7.32. The Balaban J connectivity index is 3.55. The highest BCUT2D eigenvalue weighted by atomic mass is 16.6. The number of hydrogen-bond donors (Lipinski definition) is 1. The zero-order valence-electron chi connectivity index (χ0n) is 7.32. The van der Waals surface area contributed by atoms with Crippen molar-refractivity contribution in [2.24, 2.45) is 10.8 Å². The summed E-state index contributed by atoms with van der Waals surface area (Å²) in [5, 5.41) is 13.6. The Morgan fingerprint density at radius 2 is 2.27 bits per heavy atom. The van der Waals surface area contributed by atoms with Crippen molar-refractivity contribution < 1.29 is 9.72 Å². The van der Waals surface area contributed by atoms with Crippen LogP contribution in [-0.4, -0.2) is 10.8 Å². The van der Waals surface area contributed by atoms with Crippen LogP contribution in [0.3, 0.4) is 0 Å². The van der Waals surface area contributed by atoms with E-state index in [1.165, 1.54) is 12.1 Å². The molecular formula is C7H5N5O3. The van der Waals surface area contributed by atoms with Crippen LogP contribution in [0.1, 0.15) is 10.4 Å². The fraction of sp³-hybridized carbons (Fsp3) is 0. The van der Waals surface area contributed by atoms with Gasteiger partial charge < -0.3 is 5.73 Å². The van der Waals surface area contributed by atoms with Gasteiger partial charge in [-0.1, -0.05) is 11.2 Å². The first-order chi connectivity index (χ1) is 7.07. The number of benzene rings is 1. The number of nitrogens with zero attached hydrogens (tertiary/aromatic N) is 4. The Kier molecular flexibility index (Phi) is 2.85. The van der Waals surface area contributed by atoms with Crippen LogP contribution in [0.2, 0.25) is 0 Å². The second-order valence-electron chi connectivity index (χ2n) is 2.48. The van der Waals surface area contributed by atoms with Crippen LogP contribution in [0.15, 0.2) is 23.3 Å². The molecule has 0 spiro atoms. The molecule has 0 bridgehead atoms. The van der Waals surface area contributed by atoms with E-state index >= 15 is 0 Å². The average Bonchev–Trinajstić information content (AvgIpc) is 2.17. The van der Waals surface area contributed by atoms with Gasteiger partial charge in [0.1, 0.15) is 5.69 Å². The number of nitro groups is 1. The summed E-state index contributed by atoms with van der Waals surface area (Å²) in [5.41, 5.74) is 12.2. The SMILES string of the molecule is [N-]=[N+]=Nc1c(C(N)=O)cccc1[N+](=O)[O-]. The van der Waals surface area contributed by atoms with E-state index in [0.717, 1.165) is 6.07 Å². The fourth-order valence-electron chi connectivity index (χ4n) is 1.03. The second-order valence-corrected chi connectivity index (χ2v) is 2.48. The first kappa shape index (κ1) is 10.5. The fourth-order valence-corrected chi connectivity index (χ4v) is 1.03. The van der Waals surface area contributed by atoms with Gasteiger partial charge >= 0.3 is 0 Å². The highest BCUT2D eigenvalue weighted by Gasteiger charge is 2.18. The summed E-state index contributed by atoms with van der Waals surface area (Å²) < 4.78 is 0. The molecule has 1 rings (SSSR count). The number of amides is 1. The van der Waals surface area contributed by atoms with Gasteiger partial charge in [0, 0.05) is 11.0 Å². The molecular weight excluding hydrogens is 202 g/mol. The maximum Gasteiger partial charge on any atom is 0.279 e. The summed E-state index contributed by atoms with van der Waals surface area (Å²) in [6.07, 6.45) is 0. The van der Waals surface area contributed by atoms with E-state index in [1.54, 1.807) is 0 Å². The molecule has 0 aliphatic rings. The molecule has 0 atom stereocenters. The highest BCUT2D eigenvalue weighted by molar-refractivity contribution is 5.99. The van der Waals surface area contributed by atoms with Crippen molar-refractivity contribution in [3.05, 3.63) is 44.3 Å². The van der Waals surface area contributed by atoms with Gasteiger partial charge in [0.25, 0.3) is 5.69 Å². The van der Waals surface area contributed by atoms with Gasteiger partial charge in [-0.25, -0.2) is 0 Å². The first-order valence-electron chi connectivity index (χ1n) is 3.70. The number of hydrogen-bond acceptors (Lipinski definition) is 4. The first-order valence-corrected chi connectivity index (χ1v) is 3.70. The molecule has 76 valence electrons. The predicted molar refractivity (Wildman–Crippen MR) is 50.4 cm³/mol. The van der Waals surface area contributed by atoms with Gasteiger partial charge in [0.15, 0.2) is 0 Å². The van der Waals surface area contributed by atoms with Crippen molar-refractivity contribution in [3.8, 4) is 0 Å². The molecule has 0 aromatic heterocycles. The molecule has 0 fully saturated rings. The van der Waals surface area contributed by atoms with Gasteiger partial charge in [0.2, 0.25) is 5.91 Å². The molecule has 0 radical (unpaired) electrons. The average molecular weight is 207 g/mol. The maximum absolute atomic E-state index is 10.9. The third-order valence-electron chi connectivity index (χ3n) is 1.62. The largest absolute Gasteiger partial charge is 0.366 e. The molecule has 0 aliphatic heterocycles. The molecule has 8 nitrogen and oxygen atoms in total. The Labute approximate surface area is 83.1 Å². The van der Waals surface area contributed by atoms with E-state index in [0.29, 0.717) is 0 Å². The van der Waals surface area contributed by atoms with Crippen LogP contribution in [0.4, 0.5) is 11.4 Å². The third kappa shape index (κ3) is 2.01. The molecule has 0 saturated heterocycles. The lowest BCUT2D eigenvalue weighted by molar-refractivity contribution is -0.384. The summed E-state index contributed by atoms with van der Waals surface area (Å²) in [6, 6.07) is 3.66. The highest BCUT2D eigenvalue weighted by Crippen LogP contribution is 2.30. The van der Waals surface area contributed by atoms with Crippen molar-refractivity contribution >= 4 is 17.3 Å². The summed E-state index contributed by atoms with van der Waals surface area (Å²) in [4.78, 5) is 23.1. The zero-order chi connectivity index (χ0) is 11.4. The van der Waals surface area contributed by atoms with E-state index in [4.69, 9.17) is 11.3 Å². The van der Waals surface area contributed by atoms with Gasteiger partial charge in [-0.3, -0.25) is 14.9 Å². The maximum atomic E-state index is 10.9. The third-order valence-corrected chi connectivity index (χ3v) is 1.62. The smallest absolute Gasteiger partial charge is 0.279 e. The van der Waals surface area contributed by atoms with Crippen LogP contribution in [0, 0.1) is 10.1 Å². The summed E-state index contributed by atoms with van der Waals surface area (Å²) in [6.45, 7) is 0. The molecule has 8 heteroatoms. The predicted octanol–water partition coefficient (Wildman–Crippen LogP) is 1.64. The van der Waals surface area contributed by atoms with Crippen LogP contribution in [0.5, 0.6) is 0 Å². The Bertz CT molecular complexity index is 445. The van der Waals surface area contributed by atoms with Crippen LogP contribution in [0.25, 0.3) is 10.4 Å². The number of primary amides is 1. The number of carbonyl (C=O) groups is 1. The van der Waals surface area contributed by atoms with Gasteiger partial charge in [-0.15, -0.1) is 0 Å². The molecule has 15 heavy (non-hydrogen) atoms. The number of rotatable bonds is 3. The minimum Gasteiger partial charge on any atom is -0.366 e. The lowest BCUT2D eigenvalue weighted by Gasteiger charge is -2.00. The Hall–Kier alpha value is -2.60. The second kappa shape index (κ2) is 4.07. The molecule has 1 amide bonds. The molecule has 0 aliphatic carbocycles.